The van der Waals surface area contributed by atoms with Crippen LogP contribution in [-0.4, -0.2) is 58.0 Å². The van der Waals surface area contributed by atoms with E-state index in [1.807, 2.05) is 11.9 Å². The molecule has 24 heavy (non-hydrogen) atoms. The number of amides is 1. The van der Waals surface area contributed by atoms with Crippen molar-refractivity contribution in [3.05, 3.63) is 28.4 Å². The molecule has 1 atom stereocenters. The fourth-order valence-electron chi connectivity index (χ4n) is 4.05. The standard InChI is InChI=1S/C18H26N4O2/c1-20-7-6-16(18(20)24)21-8-4-13(5-9-21)11-22-12-19-15(10-17(22)23)14-2-3-14/h10,12-14,16H,2-9,11H2,1H3. The molecule has 0 spiro atoms. The first-order chi connectivity index (χ1) is 11.6. The minimum atomic E-state index is 0.0816. The van der Waals surface area contributed by atoms with Crippen molar-refractivity contribution >= 4 is 5.91 Å². The second-order valence-electron chi connectivity index (χ2n) is 7.62. The average Bonchev–Trinajstić information content (AvgIpc) is 3.38. The number of likely N-dealkylation sites (N-methyl/N-ethyl adjacent to an activating group) is 1. The minimum Gasteiger partial charge on any atom is -0.344 e. The van der Waals surface area contributed by atoms with Gasteiger partial charge in [0.1, 0.15) is 0 Å². The molecule has 1 amide bonds. The summed E-state index contributed by atoms with van der Waals surface area (Å²) in [4.78, 5) is 33.0. The first kappa shape index (κ1) is 15.8. The van der Waals surface area contributed by atoms with Gasteiger partial charge in [-0.15, -0.1) is 0 Å². The highest BCUT2D eigenvalue weighted by atomic mass is 16.2. The normalized spacial score (nSPS) is 26.3. The molecule has 1 aromatic rings. The quantitative estimate of drug-likeness (QED) is 0.828. The van der Waals surface area contributed by atoms with Gasteiger partial charge in [0, 0.05) is 32.1 Å². The van der Waals surface area contributed by atoms with Crippen LogP contribution in [0.15, 0.2) is 17.2 Å². The number of piperidine rings is 1. The zero-order chi connectivity index (χ0) is 16.7. The Morgan fingerprint density at radius 1 is 1.08 bits per heavy atom. The number of nitrogens with zero attached hydrogens (tertiary/aromatic N) is 4. The Balaban J connectivity index is 1.33. The van der Waals surface area contributed by atoms with Gasteiger partial charge in [-0.2, -0.15) is 0 Å². The number of hydrogen-bond donors (Lipinski definition) is 0. The summed E-state index contributed by atoms with van der Waals surface area (Å²) in [5.74, 6) is 1.30. The molecule has 0 aromatic carbocycles. The van der Waals surface area contributed by atoms with Gasteiger partial charge in [0.05, 0.1) is 18.1 Å². The maximum absolute atomic E-state index is 12.3. The van der Waals surface area contributed by atoms with Crippen molar-refractivity contribution in [2.45, 2.75) is 50.6 Å². The zero-order valence-electron chi connectivity index (χ0n) is 14.4. The SMILES string of the molecule is CN1CCC(N2CCC(Cn3cnc(C4CC4)cc3=O)CC2)C1=O. The molecule has 2 saturated heterocycles. The Labute approximate surface area is 142 Å². The van der Waals surface area contributed by atoms with E-state index in [-0.39, 0.29) is 17.5 Å². The van der Waals surface area contributed by atoms with E-state index in [0.29, 0.717) is 11.8 Å². The topological polar surface area (TPSA) is 58.4 Å². The molecule has 130 valence electrons. The van der Waals surface area contributed by atoms with Crippen molar-refractivity contribution in [1.29, 1.82) is 0 Å². The lowest BCUT2D eigenvalue weighted by atomic mass is 9.95. The summed E-state index contributed by atoms with van der Waals surface area (Å²) < 4.78 is 1.76. The van der Waals surface area contributed by atoms with Crippen molar-refractivity contribution < 1.29 is 4.79 Å². The molecule has 3 aliphatic rings. The third-order valence-corrected chi connectivity index (χ3v) is 5.84. The van der Waals surface area contributed by atoms with E-state index in [1.165, 1.54) is 12.8 Å². The maximum atomic E-state index is 12.3. The van der Waals surface area contributed by atoms with Crippen LogP contribution in [0.2, 0.25) is 0 Å². The third kappa shape index (κ3) is 3.11. The molecule has 3 heterocycles. The molecule has 0 N–H and O–H groups in total. The monoisotopic (exact) mass is 330 g/mol. The summed E-state index contributed by atoms with van der Waals surface area (Å²) in [5.41, 5.74) is 1.05. The minimum absolute atomic E-state index is 0.0816. The van der Waals surface area contributed by atoms with Crippen LogP contribution in [-0.2, 0) is 11.3 Å². The molecule has 4 rings (SSSR count). The molecule has 1 saturated carbocycles. The number of carbonyl (C=O) groups excluding carboxylic acids is 1. The molecule has 1 unspecified atom stereocenters. The Bertz CT molecular complexity index is 674. The summed E-state index contributed by atoms with van der Waals surface area (Å²) in [5, 5.41) is 0. The molecule has 3 fully saturated rings. The van der Waals surface area contributed by atoms with E-state index < -0.39 is 0 Å². The molecule has 1 aliphatic carbocycles. The Morgan fingerprint density at radius 2 is 1.83 bits per heavy atom. The molecular formula is C18H26N4O2. The molecule has 0 bridgehead atoms. The second-order valence-corrected chi connectivity index (χ2v) is 7.62. The van der Waals surface area contributed by atoms with E-state index in [1.54, 1.807) is 17.0 Å². The molecule has 2 aliphatic heterocycles. The Hall–Kier alpha value is -1.69. The van der Waals surface area contributed by atoms with Crippen molar-refractivity contribution in [3.63, 3.8) is 0 Å². The Morgan fingerprint density at radius 3 is 2.42 bits per heavy atom. The number of hydrogen-bond acceptors (Lipinski definition) is 4. The highest BCUT2D eigenvalue weighted by Gasteiger charge is 2.35. The van der Waals surface area contributed by atoms with Gasteiger partial charge in [-0.25, -0.2) is 4.98 Å². The van der Waals surface area contributed by atoms with Crippen molar-refractivity contribution in [1.82, 2.24) is 19.4 Å². The summed E-state index contributed by atoms with van der Waals surface area (Å²) in [7, 11) is 1.89. The summed E-state index contributed by atoms with van der Waals surface area (Å²) >= 11 is 0. The summed E-state index contributed by atoms with van der Waals surface area (Å²) in [6.45, 7) is 3.54. The lowest BCUT2D eigenvalue weighted by Gasteiger charge is -2.35. The van der Waals surface area contributed by atoms with Crippen molar-refractivity contribution in [2.75, 3.05) is 26.7 Å². The van der Waals surface area contributed by atoms with E-state index in [2.05, 4.69) is 9.88 Å². The molecule has 6 nitrogen and oxygen atoms in total. The summed E-state index contributed by atoms with van der Waals surface area (Å²) in [6, 6.07) is 1.80. The van der Waals surface area contributed by atoms with Crippen LogP contribution in [0.5, 0.6) is 0 Å². The van der Waals surface area contributed by atoms with Gasteiger partial charge in [-0.3, -0.25) is 19.1 Å². The van der Waals surface area contributed by atoms with E-state index in [0.717, 1.165) is 51.1 Å². The fraction of sp³-hybridized carbons (Fsp3) is 0.722. The molecule has 1 aromatic heterocycles. The lowest BCUT2D eigenvalue weighted by Crippen LogP contribution is -2.46. The fourth-order valence-corrected chi connectivity index (χ4v) is 4.05. The predicted molar refractivity (Wildman–Crippen MR) is 90.8 cm³/mol. The number of aromatic nitrogens is 2. The van der Waals surface area contributed by atoms with E-state index in [4.69, 9.17) is 0 Å². The molecular weight excluding hydrogens is 304 g/mol. The largest absolute Gasteiger partial charge is 0.344 e. The first-order valence-electron chi connectivity index (χ1n) is 9.17. The van der Waals surface area contributed by atoms with Crippen molar-refractivity contribution in [2.24, 2.45) is 5.92 Å². The number of likely N-dealkylation sites (tertiary alicyclic amines) is 2. The highest BCUT2D eigenvalue weighted by molar-refractivity contribution is 5.83. The maximum Gasteiger partial charge on any atom is 0.253 e. The molecule has 6 heteroatoms. The average molecular weight is 330 g/mol. The van der Waals surface area contributed by atoms with Crippen molar-refractivity contribution in [3.8, 4) is 0 Å². The highest BCUT2D eigenvalue weighted by Crippen LogP contribution is 2.38. The van der Waals surface area contributed by atoms with Crippen LogP contribution in [0.4, 0.5) is 0 Å². The zero-order valence-corrected chi connectivity index (χ0v) is 14.4. The first-order valence-corrected chi connectivity index (χ1v) is 9.17. The van der Waals surface area contributed by atoms with Gasteiger partial charge < -0.3 is 4.90 Å². The van der Waals surface area contributed by atoms with Gasteiger partial charge in [0.25, 0.3) is 5.56 Å². The smallest absolute Gasteiger partial charge is 0.253 e. The second kappa shape index (κ2) is 6.31. The third-order valence-electron chi connectivity index (χ3n) is 5.84. The van der Waals surface area contributed by atoms with Gasteiger partial charge in [0.15, 0.2) is 0 Å². The van der Waals surface area contributed by atoms with Crippen LogP contribution in [0.25, 0.3) is 0 Å². The van der Waals surface area contributed by atoms with Crippen LogP contribution in [0.1, 0.15) is 43.7 Å². The number of carbonyl (C=O) groups is 1. The van der Waals surface area contributed by atoms with E-state index in [9.17, 15) is 9.59 Å². The van der Waals surface area contributed by atoms with Gasteiger partial charge in [-0.05, 0) is 51.1 Å². The lowest BCUT2D eigenvalue weighted by molar-refractivity contribution is -0.131. The Kier molecular flexibility index (Phi) is 4.16. The van der Waals surface area contributed by atoms with Gasteiger partial charge >= 0.3 is 0 Å². The van der Waals surface area contributed by atoms with Gasteiger partial charge in [0.2, 0.25) is 5.91 Å². The predicted octanol–water partition coefficient (Wildman–Crippen LogP) is 1.06. The number of rotatable bonds is 4. The van der Waals surface area contributed by atoms with Gasteiger partial charge in [-0.1, -0.05) is 0 Å². The van der Waals surface area contributed by atoms with Crippen LogP contribution < -0.4 is 5.56 Å². The molecule has 0 radical (unpaired) electrons. The van der Waals surface area contributed by atoms with Crippen LogP contribution >= 0.6 is 0 Å². The summed E-state index contributed by atoms with van der Waals surface area (Å²) in [6.07, 6.45) is 7.12. The van der Waals surface area contributed by atoms with E-state index >= 15 is 0 Å². The van der Waals surface area contributed by atoms with Crippen LogP contribution in [0, 0.1) is 5.92 Å². The van der Waals surface area contributed by atoms with Crippen LogP contribution in [0.3, 0.4) is 0 Å².